The minimum Gasteiger partial charge on any atom is -0.361 e. The zero-order valence-electron chi connectivity index (χ0n) is 12.1. The summed E-state index contributed by atoms with van der Waals surface area (Å²) in [4.78, 5) is 4.23. The largest absolute Gasteiger partial charge is 0.361 e. The Morgan fingerprint density at radius 2 is 2.25 bits per heavy atom. The van der Waals surface area contributed by atoms with Gasteiger partial charge in [0.2, 0.25) is 0 Å². The molecule has 3 nitrogen and oxygen atoms in total. The molecule has 1 aliphatic carbocycles. The number of ether oxygens (including phenoxy) is 1. The first-order valence-electron chi connectivity index (χ1n) is 7.37. The zero-order valence-corrected chi connectivity index (χ0v) is 14.0. The Balaban J connectivity index is 1.82. The fraction of sp³-hybridized carbons (Fsp3) is 0.533. The SMILES string of the molecule is C[SiH](C)CCOCn1cc(C2CC2)c2c(Cl)nccc21. The second-order valence-electron chi connectivity index (χ2n) is 6.04. The molecule has 2 aromatic rings. The predicted molar refractivity (Wildman–Crippen MR) is 86.4 cm³/mol. The van der Waals surface area contributed by atoms with Crippen LogP contribution in [0.2, 0.25) is 24.3 Å². The van der Waals surface area contributed by atoms with Gasteiger partial charge in [-0.1, -0.05) is 24.7 Å². The van der Waals surface area contributed by atoms with E-state index in [1.54, 1.807) is 6.20 Å². The summed E-state index contributed by atoms with van der Waals surface area (Å²) in [7, 11) is -0.520. The van der Waals surface area contributed by atoms with Gasteiger partial charge in [-0.15, -0.1) is 0 Å². The van der Waals surface area contributed by atoms with Crippen LogP contribution in [0.25, 0.3) is 10.9 Å². The van der Waals surface area contributed by atoms with E-state index in [2.05, 4.69) is 28.8 Å². The molecule has 20 heavy (non-hydrogen) atoms. The van der Waals surface area contributed by atoms with Gasteiger partial charge in [-0.25, -0.2) is 4.98 Å². The van der Waals surface area contributed by atoms with Crippen LogP contribution in [0.4, 0.5) is 0 Å². The first kappa shape index (κ1) is 14.1. The first-order valence-corrected chi connectivity index (χ1v) is 10.9. The van der Waals surface area contributed by atoms with Crippen LogP contribution in [0.5, 0.6) is 0 Å². The molecular formula is C15H21ClN2OSi. The molecule has 1 aliphatic rings. The van der Waals surface area contributed by atoms with E-state index >= 15 is 0 Å². The monoisotopic (exact) mass is 308 g/mol. The molecule has 1 fully saturated rings. The third-order valence-electron chi connectivity index (χ3n) is 3.86. The van der Waals surface area contributed by atoms with E-state index in [1.807, 2.05) is 6.07 Å². The van der Waals surface area contributed by atoms with E-state index in [4.69, 9.17) is 16.3 Å². The number of nitrogens with zero attached hydrogens (tertiary/aromatic N) is 2. The van der Waals surface area contributed by atoms with Gasteiger partial charge in [-0.05, 0) is 36.4 Å². The van der Waals surface area contributed by atoms with Crippen molar-refractivity contribution in [3.8, 4) is 0 Å². The molecular weight excluding hydrogens is 288 g/mol. The van der Waals surface area contributed by atoms with Gasteiger partial charge >= 0.3 is 0 Å². The molecule has 0 atom stereocenters. The van der Waals surface area contributed by atoms with Crippen molar-refractivity contribution in [3.05, 3.63) is 29.2 Å². The highest BCUT2D eigenvalue weighted by atomic mass is 35.5. The van der Waals surface area contributed by atoms with Crippen LogP contribution in [0.1, 0.15) is 24.3 Å². The van der Waals surface area contributed by atoms with E-state index < -0.39 is 8.80 Å². The van der Waals surface area contributed by atoms with Gasteiger partial charge in [0.1, 0.15) is 11.9 Å². The van der Waals surface area contributed by atoms with Gasteiger partial charge in [0.05, 0.1) is 5.52 Å². The Kier molecular flexibility index (Phi) is 4.15. The van der Waals surface area contributed by atoms with Crippen LogP contribution in [-0.2, 0) is 11.5 Å². The Bertz CT molecular complexity index is 607. The molecule has 3 rings (SSSR count). The van der Waals surface area contributed by atoms with Crippen molar-refractivity contribution in [2.75, 3.05) is 6.61 Å². The summed E-state index contributed by atoms with van der Waals surface area (Å²) in [6.07, 6.45) is 6.52. The molecule has 0 bridgehead atoms. The summed E-state index contributed by atoms with van der Waals surface area (Å²) in [6.45, 7) is 6.18. The van der Waals surface area contributed by atoms with Crippen LogP contribution < -0.4 is 0 Å². The topological polar surface area (TPSA) is 27.1 Å². The normalized spacial score (nSPS) is 15.4. The molecule has 2 aromatic heterocycles. The average molecular weight is 309 g/mol. The summed E-state index contributed by atoms with van der Waals surface area (Å²) in [5, 5.41) is 1.75. The number of pyridine rings is 1. The summed E-state index contributed by atoms with van der Waals surface area (Å²) in [5.74, 6) is 0.670. The van der Waals surface area contributed by atoms with Crippen LogP contribution >= 0.6 is 11.6 Å². The van der Waals surface area contributed by atoms with Crippen molar-refractivity contribution in [2.45, 2.75) is 44.6 Å². The van der Waals surface area contributed by atoms with E-state index in [0.717, 1.165) is 17.5 Å². The Morgan fingerprint density at radius 1 is 1.45 bits per heavy atom. The number of hydrogen-bond donors (Lipinski definition) is 0. The number of halogens is 1. The highest BCUT2D eigenvalue weighted by molar-refractivity contribution is 6.55. The Morgan fingerprint density at radius 3 is 2.95 bits per heavy atom. The van der Waals surface area contributed by atoms with Crippen LogP contribution in [0.3, 0.4) is 0 Å². The Labute approximate surface area is 126 Å². The summed E-state index contributed by atoms with van der Waals surface area (Å²) >= 11 is 6.29. The molecule has 0 amide bonds. The van der Waals surface area contributed by atoms with Crippen LogP contribution in [-0.4, -0.2) is 25.0 Å². The van der Waals surface area contributed by atoms with Crippen molar-refractivity contribution in [1.29, 1.82) is 0 Å². The van der Waals surface area contributed by atoms with Gasteiger partial charge in [0.25, 0.3) is 0 Å². The van der Waals surface area contributed by atoms with Gasteiger partial charge in [0.15, 0.2) is 0 Å². The van der Waals surface area contributed by atoms with Crippen molar-refractivity contribution in [2.24, 2.45) is 0 Å². The van der Waals surface area contributed by atoms with E-state index in [9.17, 15) is 0 Å². The smallest absolute Gasteiger partial charge is 0.138 e. The number of rotatable bonds is 6. The zero-order chi connectivity index (χ0) is 14.1. The molecule has 0 aromatic carbocycles. The molecule has 0 spiro atoms. The average Bonchev–Trinajstić information content (AvgIpc) is 3.18. The third kappa shape index (κ3) is 2.92. The van der Waals surface area contributed by atoms with E-state index in [1.165, 1.54) is 24.4 Å². The van der Waals surface area contributed by atoms with Crippen molar-refractivity contribution >= 4 is 31.3 Å². The van der Waals surface area contributed by atoms with Gasteiger partial charge < -0.3 is 9.30 Å². The first-order chi connectivity index (χ1) is 9.66. The lowest BCUT2D eigenvalue weighted by molar-refractivity contribution is 0.0905. The van der Waals surface area contributed by atoms with Crippen LogP contribution in [0.15, 0.2) is 18.5 Å². The molecule has 108 valence electrons. The fourth-order valence-corrected chi connectivity index (χ4v) is 3.43. The molecule has 5 heteroatoms. The van der Waals surface area contributed by atoms with E-state index in [0.29, 0.717) is 17.8 Å². The van der Waals surface area contributed by atoms with Gasteiger partial charge in [-0.3, -0.25) is 0 Å². The maximum Gasteiger partial charge on any atom is 0.138 e. The lowest BCUT2D eigenvalue weighted by Crippen LogP contribution is -2.08. The highest BCUT2D eigenvalue weighted by Crippen LogP contribution is 2.45. The van der Waals surface area contributed by atoms with Crippen molar-refractivity contribution < 1.29 is 4.74 Å². The maximum atomic E-state index is 6.29. The molecule has 0 saturated heterocycles. The minimum absolute atomic E-state index is 0.520. The second-order valence-corrected chi connectivity index (χ2v) is 9.77. The molecule has 0 radical (unpaired) electrons. The minimum atomic E-state index is -0.520. The summed E-state index contributed by atoms with van der Waals surface area (Å²) < 4.78 is 8.01. The van der Waals surface area contributed by atoms with E-state index in [-0.39, 0.29) is 0 Å². The number of aromatic nitrogens is 2. The second kappa shape index (κ2) is 5.88. The molecule has 2 heterocycles. The molecule has 0 N–H and O–H groups in total. The number of fused-ring (bicyclic) bond motifs is 1. The summed E-state index contributed by atoms with van der Waals surface area (Å²) in [6, 6.07) is 3.27. The predicted octanol–water partition coefficient (Wildman–Crippen LogP) is 4.03. The lowest BCUT2D eigenvalue weighted by atomic mass is 10.1. The summed E-state index contributed by atoms with van der Waals surface area (Å²) in [5.41, 5.74) is 2.49. The van der Waals surface area contributed by atoms with Gasteiger partial charge in [-0.2, -0.15) is 0 Å². The van der Waals surface area contributed by atoms with Crippen molar-refractivity contribution in [3.63, 3.8) is 0 Å². The molecule has 0 unspecified atom stereocenters. The Hall–Kier alpha value is -0.843. The third-order valence-corrected chi connectivity index (χ3v) is 5.54. The quantitative estimate of drug-likeness (QED) is 0.458. The maximum absolute atomic E-state index is 6.29. The van der Waals surface area contributed by atoms with Gasteiger partial charge in [0, 0.05) is 33.2 Å². The highest BCUT2D eigenvalue weighted by Gasteiger charge is 2.28. The fourth-order valence-electron chi connectivity index (χ4n) is 2.53. The van der Waals surface area contributed by atoms with Crippen LogP contribution in [0, 0.1) is 0 Å². The number of hydrogen-bond acceptors (Lipinski definition) is 2. The standard InChI is InChI=1S/C15H21ClN2OSi/c1-20(2)8-7-19-10-18-9-12(11-3-4-11)14-13(18)5-6-17-15(14)16/h5-6,9,11,20H,3-4,7-8,10H2,1-2H3. The molecule has 0 aliphatic heterocycles. The lowest BCUT2D eigenvalue weighted by Gasteiger charge is -2.08. The van der Waals surface area contributed by atoms with Crippen molar-refractivity contribution in [1.82, 2.24) is 9.55 Å². The molecule has 1 saturated carbocycles.